The van der Waals surface area contributed by atoms with Gasteiger partial charge in [0, 0.05) is 6.54 Å². The maximum Gasteiger partial charge on any atom is 0.329 e. The number of hydrogen-bond acceptors (Lipinski definition) is 7. The van der Waals surface area contributed by atoms with Crippen molar-refractivity contribution in [3.63, 3.8) is 0 Å². The van der Waals surface area contributed by atoms with Crippen LogP contribution in [0.3, 0.4) is 0 Å². The van der Waals surface area contributed by atoms with E-state index >= 15 is 0 Å². The molecule has 2 aromatic rings. The molecule has 1 aromatic carbocycles. The van der Waals surface area contributed by atoms with Gasteiger partial charge in [-0.15, -0.1) is 0 Å². The number of fused-ring (bicyclic) bond motifs is 1. The first-order valence-corrected chi connectivity index (χ1v) is 10.4. The van der Waals surface area contributed by atoms with E-state index in [1.807, 2.05) is 12.1 Å². The molecule has 29 heavy (non-hydrogen) atoms. The molecule has 1 fully saturated rings. The van der Waals surface area contributed by atoms with Crippen LogP contribution in [0.25, 0.3) is 0 Å². The van der Waals surface area contributed by atoms with Crippen LogP contribution in [0.1, 0.15) is 49.3 Å². The molecular weight excluding hydrogens is 368 g/mol. The zero-order valence-electron chi connectivity index (χ0n) is 16.5. The van der Waals surface area contributed by atoms with Crippen molar-refractivity contribution in [3.05, 3.63) is 51.7 Å². The highest BCUT2D eigenvalue weighted by molar-refractivity contribution is 5.57. The predicted molar refractivity (Wildman–Crippen MR) is 113 cm³/mol. The summed E-state index contributed by atoms with van der Waals surface area (Å²) in [5.41, 5.74) is 8.26. The third kappa shape index (κ3) is 4.48. The van der Waals surface area contributed by atoms with Crippen molar-refractivity contribution >= 4 is 17.5 Å². The van der Waals surface area contributed by atoms with Crippen LogP contribution in [-0.2, 0) is 6.42 Å². The summed E-state index contributed by atoms with van der Waals surface area (Å²) in [4.78, 5) is 19.6. The lowest BCUT2D eigenvalue weighted by Gasteiger charge is -2.27. The molecule has 2 aliphatic rings. The van der Waals surface area contributed by atoms with Crippen LogP contribution in [0, 0.1) is 22.0 Å². The molecule has 8 heteroatoms. The number of aromatic nitrogens is 2. The van der Waals surface area contributed by atoms with Gasteiger partial charge in [0.2, 0.25) is 11.8 Å². The Morgan fingerprint density at radius 1 is 1.14 bits per heavy atom. The van der Waals surface area contributed by atoms with Crippen LogP contribution in [0.5, 0.6) is 0 Å². The van der Waals surface area contributed by atoms with Gasteiger partial charge in [-0.05, 0) is 68.0 Å². The lowest BCUT2D eigenvalue weighted by atomic mass is 9.82. The maximum atomic E-state index is 11.4. The van der Waals surface area contributed by atoms with Crippen LogP contribution >= 0.6 is 0 Å². The summed E-state index contributed by atoms with van der Waals surface area (Å²) in [5.74, 6) is 1.82. The number of anilines is 2. The summed E-state index contributed by atoms with van der Waals surface area (Å²) in [7, 11) is 0. The number of nitrogens with zero attached hydrogens (tertiary/aromatic N) is 3. The fourth-order valence-corrected chi connectivity index (χ4v) is 4.48. The minimum Gasteiger partial charge on any atom is -0.364 e. The van der Waals surface area contributed by atoms with E-state index in [0.717, 1.165) is 45.1 Å². The maximum absolute atomic E-state index is 11.4. The van der Waals surface area contributed by atoms with Crippen molar-refractivity contribution in [1.82, 2.24) is 9.97 Å². The molecule has 1 aromatic heterocycles. The number of hydrogen-bond donors (Lipinski definition) is 3. The average molecular weight is 396 g/mol. The highest BCUT2D eigenvalue weighted by Crippen LogP contribution is 2.34. The van der Waals surface area contributed by atoms with E-state index in [0.29, 0.717) is 30.1 Å². The molecule has 1 atom stereocenters. The molecule has 0 unspecified atom stereocenters. The minimum atomic E-state index is -0.428. The van der Waals surface area contributed by atoms with Crippen molar-refractivity contribution in [2.45, 2.75) is 44.6 Å². The normalized spacial score (nSPS) is 23.4. The van der Waals surface area contributed by atoms with Gasteiger partial charge in [0.05, 0.1) is 11.0 Å². The average Bonchev–Trinajstić information content (AvgIpc) is 3.15. The molecular formula is C21H28N6O2. The van der Waals surface area contributed by atoms with E-state index in [-0.39, 0.29) is 11.7 Å². The zero-order chi connectivity index (χ0) is 20.2. The van der Waals surface area contributed by atoms with E-state index in [1.54, 1.807) is 0 Å². The highest BCUT2D eigenvalue weighted by atomic mass is 16.6. The second-order valence-electron chi connectivity index (χ2n) is 8.12. The topological polar surface area (TPSA) is 119 Å². The summed E-state index contributed by atoms with van der Waals surface area (Å²) >= 11 is 0. The number of nitrogens with one attached hydrogen (secondary N) is 2. The van der Waals surface area contributed by atoms with Crippen LogP contribution in [0.2, 0.25) is 0 Å². The first-order valence-electron chi connectivity index (χ1n) is 10.4. The second-order valence-corrected chi connectivity index (χ2v) is 8.12. The lowest BCUT2D eigenvalue weighted by Crippen LogP contribution is -2.25. The van der Waals surface area contributed by atoms with E-state index in [4.69, 9.17) is 5.73 Å². The molecule has 0 radical (unpaired) electrons. The van der Waals surface area contributed by atoms with Gasteiger partial charge in [0.1, 0.15) is 6.20 Å². The summed E-state index contributed by atoms with van der Waals surface area (Å²) in [6.07, 6.45) is 7.72. The largest absolute Gasteiger partial charge is 0.364 e. The van der Waals surface area contributed by atoms with Crippen LogP contribution in [-0.4, -0.2) is 28.0 Å². The molecule has 4 rings (SSSR count). The van der Waals surface area contributed by atoms with Gasteiger partial charge in [-0.2, -0.15) is 4.98 Å². The van der Waals surface area contributed by atoms with Crippen molar-refractivity contribution in [3.8, 4) is 0 Å². The summed E-state index contributed by atoms with van der Waals surface area (Å²) in [6.45, 7) is 1.43. The molecule has 0 saturated heterocycles. The van der Waals surface area contributed by atoms with Gasteiger partial charge >= 0.3 is 5.69 Å². The van der Waals surface area contributed by atoms with E-state index < -0.39 is 4.92 Å². The summed E-state index contributed by atoms with van der Waals surface area (Å²) < 4.78 is 0. The summed E-state index contributed by atoms with van der Waals surface area (Å²) in [5, 5.41) is 18.0. The Labute approximate surface area is 170 Å². The third-order valence-electron chi connectivity index (χ3n) is 6.26. The van der Waals surface area contributed by atoms with Gasteiger partial charge in [-0.1, -0.05) is 24.3 Å². The fourth-order valence-electron chi connectivity index (χ4n) is 4.48. The Balaban J connectivity index is 1.44. The number of aryl methyl sites for hydroxylation is 1. The van der Waals surface area contributed by atoms with Crippen LogP contribution in [0.15, 0.2) is 30.5 Å². The first-order chi connectivity index (χ1) is 14.1. The number of nitrogens with two attached hydrogens (primary N) is 1. The standard InChI is InChI=1S/C21H28N6O2/c22-11-14-5-7-15(8-6-14)12-23-20-19(27(28)29)13-24-21(26-20)25-18-10-9-16-3-1-2-4-17(16)18/h1-4,13-15,18H,5-12,22H2,(H2,23,24,25,26)/t14?,15?,18-/m1/s1. The van der Waals surface area contributed by atoms with Crippen molar-refractivity contribution in [1.29, 1.82) is 0 Å². The molecule has 0 amide bonds. The number of nitro groups is 1. The van der Waals surface area contributed by atoms with Crippen molar-refractivity contribution < 1.29 is 4.92 Å². The van der Waals surface area contributed by atoms with Gasteiger partial charge < -0.3 is 16.4 Å². The molecule has 1 heterocycles. The Bertz CT molecular complexity index is 866. The quantitative estimate of drug-likeness (QED) is 0.482. The SMILES string of the molecule is NCC1CCC(CNc2nc(N[C@@H]3CCc4ccccc43)ncc2[N+](=O)[O-])CC1. The molecule has 8 nitrogen and oxygen atoms in total. The van der Waals surface area contributed by atoms with Gasteiger partial charge in [0.15, 0.2) is 0 Å². The van der Waals surface area contributed by atoms with E-state index in [2.05, 4.69) is 32.7 Å². The highest BCUT2D eigenvalue weighted by Gasteiger charge is 2.25. The molecule has 2 aliphatic carbocycles. The molecule has 1 saturated carbocycles. The molecule has 0 spiro atoms. The smallest absolute Gasteiger partial charge is 0.329 e. The minimum absolute atomic E-state index is 0.0852. The summed E-state index contributed by atoms with van der Waals surface area (Å²) in [6, 6.07) is 8.46. The van der Waals surface area contributed by atoms with E-state index in [9.17, 15) is 10.1 Å². The number of benzene rings is 1. The van der Waals surface area contributed by atoms with Gasteiger partial charge in [-0.3, -0.25) is 10.1 Å². The lowest BCUT2D eigenvalue weighted by molar-refractivity contribution is -0.384. The Morgan fingerprint density at radius 3 is 2.66 bits per heavy atom. The Hall–Kier alpha value is -2.74. The van der Waals surface area contributed by atoms with Crippen molar-refractivity contribution in [2.75, 3.05) is 23.7 Å². The monoisotopic (exact) mass is 396 g/mol. The molecule has 0 aliphatic heterocycles. The Kier molecular flexibility index (Phi) is 5.89. The fraction of sp³-hybridized carbons (Fsp3) is 0.524. The molecule has 4 N–H and O–H groups in total. The van der Waals surface area contributed by atoms with Gasteiger partial charge in [0.25, 0.3) is 0 Å². The molecule has 154 valence electrons. The third-order valence-corrected chi connectivity index (χ3v) is 6.26. The first kappa shape index (κ1) is 19.6. The van der Waals surface area contributed by atoms with Crippen molar-refractivity contribution in [2.24, 2.45) is 17.6 Å². The van der Waals surface area contributed by atoms with Gasteiger partial charge in [-0.25, -0.2) is 4.98 Å². The Morgan fingerprint density at radius 2 is 1.90 bits per heavy atom. The van der Waals surface area contributed by atoms with Crippen LogP contribution in [0.4, 0.5) is 17.5 Å². The predicted octanol–water partition coefficient (Wildman–Crippen LogP) is 3.66. The van der Waals surface area contributed by atoms with E-state index in [1.165, 1.54) is 17.3 Å². The van der Waals surface area contributed by atoms with Crippen LogP contribution < -0.4 is 16.4 Å². The number of rotatable bonds is 7. The zero-order valence-corrected chi connectivity index (χ0v) is 16.5. The molecule has 0 bridgehead atoms. The second kappa shape index (κ2) is 8.73.